The number of piperazine rings is 1. The number of nitrogens with one attached hydrogen (secondary N) is 2. The molecule has 0 unspecified atom stereocenters. The lowest BCUT2D eigenvalue weighted by molar-refractivity contribution is 0.479. The number of aromatic amines is 1. The molecule has 1 aromatic heterocycles. The van der Waals surface area contributed by atoms with E-state index in [-0.39, 0.29) is 0 Å². The summed E-state index contributed by atoms with van der Waals surface area (Å²) in [5.41, 5.74) is 0. The van der Waals surface area contributed by atoms with Gasteiger partial charge in [0.2, 0.25) is 5.95 Å². The van der Waals surface area contributed by atoms with Crippen molar-refractivity contribution in [2.45, 2.75) is 32.2 Å². The van der Waals surface area contributed by atoms with Crippen LogP contribution < -0.4 is 10.2 Å². The molecule has 0 aromatic carbocycles. The molecule has 88 valence electrons. The van der Waals surface area contributed by atoms with E-state index in [0.717, 1.165) is 43.7 Å². The zero-order valence-corrected chi connectivity index (χ0v) is 9.74. The molecule has 0 amide bonds. The Hall–Kier alpha value is -1.10. The lowest BCUT2D eigenvalue weighted by Gasteiger charge is -2.30. The Labute approximate surface area is 95.6 Å². The van der Waals surface area contributed by atoms with Crippen molar-refractivity contribution in [3.05, 3.63) is 5.82 Å². The minimum Gasteiger partial charge on any atom is -0.337 e. The second-order valence-electron chi connectivity index (χ2n) is 5.03. The molecule has 5 nitrogen and oxygen atoms in total. The first kappa shape index (κ1) is 10.1. The predicted octanol–water partition coefficient (Wildman–Crippen LogP) is 0.555. The van der Waals surface area contributed by atoms with Crippen LogP contribution in [0.4, 0.5) is 5.95 Å². The van der Waals surface area contributed by atoms with Crippen LogP contribution in [-0.2, 0) is 6.42 Å². The lowest BCUT2D eigenvalue weighted by Crippen LogP contribution is -2.49. The van der Waals surface area contributed by atoms with Gasteiger partial charge in [0, 0.05) is 32.1 Å². The topological polar surface area (TPSA) is 56.8 Å². The van der Waals surface area contributed by atoms with E-state index in [1.807, 2.05) is 0 Å². The van der Waals surface area contributed by atoms with Crippen LogP contribution in [0.5, 0.6) is 0 Å². The number of H-pyrrole nitrogens is 1. The number of hydrogen-bond donors (Lipinski definition) is 2. The molecule has 2 heterocycles. The van der Waals surface area contributed by atoms with Gasteiger partial charge in [0.1, 0.15) is 5.82 Å². The zero-order valence-electron chi connectivity index (χ0n) is 9.74. The van der Waals surface area contributed by atoms with E-state index in [0.29, 0.717) is 6.04 Å². The average Bonchev–Trinajstić information content (AvgIpc) is 2.94. The largest absolute Gasteiger partial charge is 0.337 e. The summed E-state index contributed by atoms with van der Waals surface area (Å²) in [6, 6.07) is 0.527. The smallest absolute Gasteiger partial charge is 0.244 e. The highest BCUT2D eigenvalue weighted by molar-refractivity contribution is 5.30. The maximum absolute atomic E-state index is 4.58. The summed E-state index contributed by atoms with van der Waals surface area (Å²) in [5.74, 6) is 2.80. The lowest BCUT2D eigenvalue weighted by atomic mass is 10.2. The molecular weight excluding hydrogens is 202 g/mol. The van der Waals surface area contributed by atoms with Crippen LogP contribution in [-0.4, -0.2) is 40.9 Å². The van der Waals surface area contributed by atoms with Crippen LogP contribution in [0.2, 0.25) is 0 Å². The fourth-order valence-electron chi connectivity index (χ4n) is 2.23. The van der Waals surface area contributed by atoms with E-state index >= 15 is 0 Å². The maximum Gasteiger partial charge on any atom is 0.244 e. The molecule has 1 aliphatic carbocycles. The van der Waals surface area contributed by atoms with E-state index in [2.05, 4.69) is 32.3 Å². The molecular formula is C11H19N5. The van der Waals surface area contributed by atoms with Crippen LogP contribution in [0.15, 0.2) is 0 Å². The second-order valence-corrected chi connectivity index (χ2v) is 5.03. The molecule has 1 aromatic rings. The van der Waals surface area contributed by atoms with Crippen LogP contribution in [0.1, 0.15) is 25.6 Å². The van der Waals surface area contributed by atoms with Crippen LogP contribution >= 0.6 is 0 Å². The van der Waals surface area contributed by atoms with Crippen molar-refractivity contribution in [2.75, 3.05) is 24.5 Å². The highest BCUT2D eigenvalue weighted by Crippen LogP contribution is 2.31. The Balaban J connectivity index is 1.65. The van der Waals surface area contributed by atoms with Crippen LogP contribution in [0, 0.1) is 5.92 Å². The van der Waals surface area contributed by atoms with E-state index in [1.165, 1.54) is 12.8 Å². The molecule has 16 heavy (non-hydrogen) atoms. The summed E-state index contributed by atoms with van der Waals surface area (Å²) in [6.07, 6.45) is 3.80. The molecule has 2 N–H and O–H groups in total. The summed E-state index contributed by atoms with van der Waals surface area (Å²) in [4.78, 5) is 6.84. The Morgan fingerprint density at radius 3 is 3.06 bits per heavy atom. The molecule has 1 saturated carbocycles. The summed E-state index contributed by atoms with van der Waals surface area (Å²) in [6.45, 7) is 5.23. The molecule has 2 fully saturated rings. The normalized spacial score (nSPS) is 26.1. The Bertz CT molecular complexity index is 357. The molecule has 0 bridgehead atoms. The van der Waals surface area contributed by atoms with E-state index < -0.39 is 0 Å². The Morgan fingerprint density at radius 2 is 2.31 bits per heavy atom. The Morgan fingerprint density at radius 1 is 1.44 bits per heavy atom. The molecule has 1 aliphatic heterocycles. The van der Waals surface area contributed by atoms with Gasteiger partial charge in [-0.3, -0.25) is 5.10 Å². The first-order valence-corrected chi connectivity index (χ1v) is 6.21. The van der Waals surface area contributed by atoms with Gasteiger partial charge < -0.3 is 10.2 Å². The monoisotopic (exact) mass is 221 g/mol. The van der Waals surface area contributed by atoms with E-state index in [9.17, 15) is 0 Å². The highest BCUT2D eigenvalue weighted by Gasteiger charge is 2.24. The van der Waals surface area contributed by atoms with Crippen molar-refractivity contribution >= 4 is 5.95 Å². The summed E-state index contributed by atoms with van der Waals surface area (Å²) in [7, 11) is 0. The average molecular weight is 221 g/mol. The summed E-state index contributed by atoms with van der Waals surface area (Å²) < 4.78 is 0. The standard InChI is InChI=1S/C11H19N5/c1-8-7-16(5-4-12-8)11-13-10(14-15-11)6-9-2-3-9/h8-9,12H,2-7H2,1H3,(H,13,14,15)/t8-/m0/s1. The van der Waals surface area contributed by atoms with E-state index in [1.54, 1.807) is 0 Å². The van der Waals surface area contributed by atoms with Crippen molar-refractivity contribution in [3.63, 3.8) is 0 Å². The minimum atomic E-state index is 0.527. The van der Waals surface area contributed by atoms with Gasteiger partial charge in [-0.1, -0.05) is 0 Å². The number of nitrogens with zero attached hydrogens (tertiary/aromatic N) is 3. The summed E-state index contributed by atoms with van der Waals surface area (Å²) >= 11 is 0. The van der Waals surface area contributed by atoms with Gasteiger partial charge >= 0.3 is 0 Å². The fraction of sp³-hybridized carbons (Fsp3) is 0.818. The zero-order chi connectivity index (χ0) is 11.0. The molecule has 1 saturated heterocycles. The van der Waals surface area contributed by atoms with Crippen molar-refractivity contribution in [1.82, 2.24) is 20.5 Å². The number of anilines is 1. The van der Waals surface area contributed by atoms with Crippen LogP contribution in [0.25, 0.3) is 0 Å². The quantitative estimate of drug-likeness (QED) is 0.783. The number of rotatable bonds is 3. The molecule has 2 aliphatic rings. The third-order valence-corrected chi connectivity index (χ3v) is 3.35. The van der Waals surface area contributed by atoms with E-state index in [4.69, 9.17) is 0 Å². The Kier molecular flexibility index (Phi) is 2.55. The maximum atomic E-state index is 4.58. The number of aromatic nitrogens is 3. The molecule has 0 spiro atoms. The van der Waals surface area contributed by atoms with Crippen molar-refractivity contribution in [1.29, 1.82) is 0 Å². The molecule has 3 rings (SSSR count). The van der Waals surface area contributed by atoms with Crippen molar-refractivity contribution < 1.29 is 0 Å². The van der Waals surface area contributed by atoms with Gasteiger partial charge in [-0.2, -0.15) is 4.98 Å². The van der Waals surface area contributed by atoms with Crippen molar-refractivity contribution in [2.24, 2.45) is 5.92 Å². The molecule has 1 atom stereocenters. The predicted molar refractivity (Wildman–Crippen MR) is 62.5 cm³/mol. The SMILES string of the molecule is C[C@H]1CN(c2n[nH]c(CC3CC3)n2)CCN1. The third kappa shape index (κ3) is 2.19. The minimum absolute atomic E-state index is 0.527. The van der Waals surface area contributed by atoms with Gasteiger partial charge in [-0.25, -0.2) is 0 Å². The fourth-order valence-corrected chi connectivity index (χ4v) is 2.23. The van der Waals surface area contributed by atoms with Gasteiger partial charge in [0.05, 0.1) is 0 Å². The first-order chi connectivity index (χ1) is 7.81. The van der Waals surface area contributed by atoms with Crippen LogP contribution in [0.3, 0.4) is 0 Å². The molecule has 0 radical (unpaired) electrons. The van der Waals surface area contributed by atoms with Crippen molar-refractivity contribution in [3.8, 4) is 0 Å². The van der Waals surface area contributed by atoms with Gasteiger partial charge in [0.15, 0.2) is 0 Å². The number of hydrogen-bond acceptors (Lipinski definition) is 4. The third-order valence-electron chi connectivity index (χ3n) is 3.35. The highest BCUT2D eigenvalue weighted by atomic mass is 15.4. The second kappa shape index (κ2) is 4.05. The first-order valence-electron chi connectivity index (χ1n) is 6.21. The summed E-state index contributed by atoms with van der Waals surface area (Å²) in [5, 5.41) is 10.8. The molecule has 5 heteroatoms. The van der Waals surface area contributed by atoms with Gasteiger partial charge in [-0.15, -0.1) is 5.10 Å². The van der Waals surface area contributed by atoms with Gasteiger partial charge in [-0.05, 0) is 25.7 Å². The van der Waals surface area contributed by atoms with Gasteiger partial charge in [0.25, 0.3) is 0 Å².